The minimum absolute atomic E-state index is 0.591. The summed E-state index contributed by atoms with van der Waals surface area (Å²) < 4.78 is 1.09. The Balaban J connectivity index is 1.91. The number of fused-ring (bicyclic) bond motifs is 1. The SMILES string of the molecule is N#CC1(Nc2ccccc2Cl)CCc2cc(Br)ccc2C1. The standard InChI is InChI=1S/C17H14BrClN2/c18-14-6-5-13-10-17(11-20,8-7-12(13)9-14)21-16-4-2-1-3-15(16)19/h1-6,9,21H,7-8,10H2. The first-order valence-corrected chi connectivity index (χ1v) is 8.00. The lowest BCUT2D eigenvalue weighted by molar-refractivity contribution is 0.507. The Labute approximate surface area is 137 Å². The topological polar surface area (TPSA) is 35.8 Å². The van der Waals surface area contributed by atoms with Crippen LogP contribution in [0, 0.1) is 11.3 Å². The van der Waals surface area contributed by atoms with Gasteiger partial charge in [-0.15, -0.1) is 0 Å². The molecule has 3 rings (SSSR count). The first-order valence-electron chi connectivity index (χ1n) is 6.83. The van der Waals surface area contributed by atoms with E-state index < -0.39 is 5.54 Å². The molecule has 0 aliphatic heterocycles. The summed E-state index contributed by atoms with van der Waals surface area (Å²) >= 11 is 9.71. The first-order chi connectivity index (χ1) is 10.1. The molecule has 0 aromatic heterocycles. The second kappa shape index (κ2) is 5.71. The van der Waals surface area contributed by atoms with E-state index in [1.165, 1.54) is 11.1 Å². The van der Waals surface area contributed by atoms with Gasteiger partial charge in [-0.05, 0) is 48.2 Å². The summed E-state index contributed by atoms with van der Waals surface area (Å²) in [5, 5.41) is 13.7. The van der Waals surface area contributed by atoms with Crippen molar-refractivity contribution in [3.05, 3.63) is 63.1 Å². The molecule has 0 saturated carbocycles. The Morgan fingerprint density at radius 2 is 2.00 bits per heavy atom. The number of nitrogens with zero attached hydrogens (tertiary/aromatic N) is 1. The Morgan fingerprint density at radius 3 is 2.76 bits per heavy atom. The molecule has 2 aromatic carbocycles. The average Bonchev–Trinajstić information content (AvgIpc) is 2.50. The minimum atomic E-state index is -0.591. The highest BCUT2D eigenvalue weighted by molar-refractivity contribution is 9.10. The third-order valence-electron chi connectivity index (χ3n) is 3.94. The van der Waals surface area contributed by atoms with E-state index in [1.807, 2.05) is 30.3 Å². The molecule has 2 aromatic rings. The van der Waals surface area contributed by atoms with Crippen LogP contribution in [0.5, 0.6) is 0 Å². The van der Waals surface area contributed by atoms with Crippen molar-refractivity contribution in [3.8, 4) is 6.07 Å². The molecule has 0 saturated heterocycles. The second-order valence-corrected chi connectivity index (χ2v) is 6.71. The summed E-state index contributed by atoms with van der Waals surface area (Å²) in [5.41, 5.74) is 2.77. The summed E-state index contributed by atoms with van der Waals surface area (Å²) in [5.74, 6) is 0. The Kier molecular flexibility index (Phi) is 3.93. The lowest BCUT2D eigenvalue weighted by Gasteiger charge is -2.34. The summed E-state index contributed by atoms with van der Waals surface area (Å²) in [6, 6.07) is 16.3. The van der Waals surface area contributed by atoms with Crippen molar-refractivity contribution in [1.29, 1.82) is 5.26 Å². The molecule has 1 unspecified atom stereocenters. The molecule has 2 nitrogen and oxygen atoms in total. The van der Waals surface area contributed by atoms with Crippen LogP contribution in [0.15, 0.2) is 46.9 Å². The van der Waals surface area contributed by atoms with Crippen molar-refractivity contribution in [2.45, 2.75) is 24.8 Å². The average molecular weight is 362 g/mol. The third-order valence-corrected chi connectivity index (χ3v) is 4.77. The number of halogens is 2. The zero-order chi connectivity index (χ0) is 14.9. The molecule has 0 fully saturated rings. The quantitative estimate of drug-likeness (QED) is 0.820. The highest BCUT2D eigenvalue weighted by Gasteiger charge is 2.35. The van der Waals surface area contributed by atoms with E-state index in [2.05, 4.69) is 39.4 Å². The van der Waals surface area contributed by atoms with Crippen LogP contribution in [0.25, 0.3) is 0 Å². The van der Waals surface area contributed by atoms with Crippen molar-refractivity contribution in [1.82, 2.24) is 0 Å². The fourth-order valence-corrected chi connectivity index (χ4v) is 3.40. The highest BCUT2D eigenvalue weighted by atomic mass is 79.9. The van der Waals surface area contributed by atoms with Gasteiger partial charge in [0.1, 0.15) is 5.54 Å². The summed E-state index contributed by atoms with van der Waals surface area (Å²) in [7, 11) is 0. The molecule has 106 valence electrons. The van der Waals surface area contributed by atoms with E-state index in [-0.39, 0.29) is 0 Å². The van der Waals surface area contributed by atoms with Gasteiger partial charge in [-0.3, -0.25) is 0 Å². The molecule has 21 heavy (non-hydrogen) atoms. The minimum Gasteiger partial charge on any atom is -0.366 e. The lowest BCUT2D eigenvalue weighted by atomic mass is 9.78. The molecule has 0 bridgehead atoms. The van der Waals surface area contributed by atoms with E-state index in [4.69, 9.17) is 11.6 Å². The molecule has 1 atom stereocenters. The van der Waals surface area contributed by atoms with Gasteiger partial charge in [0.15, 0.2) is 0 Å². The Hall–Kier alpha value is -1.50. The lowest BCUT2D eigenvalue weighted by Crippen LogP contribution is -2.42. The zero-order valence-corrected chi connectivity index (χ0v) is 13.7. The fourth-order valence-electron chi connectivity index (χ4n) is 2.81. The molecule has 1 N–H and O–H groups in total. The van der Waals surface area contributed by atoms with Gasteiger partial charge in [-0.2, -0.15) is 5.26 Å². The monoisotopic (exact) mass is 360 g/mol. The molecule has 1 aliphatic rings. The maximum absolute atomic E-state index is 9.71. The molecule has 4 heteroatoms. The number of para-hydroxylation sites is 1. The van der Waals surface area contributed by atoms with Crippen molar-refractivity contribution in [2.24, 2.45) is 0 Å². The van der Waals surface area contributed by atoms with Crippen molar-refractivity contribution >= 4 is 33.2 Å². The van der Waals surface area contributed by atoms with Crippen LogP contribution in [-0.4, -0.2) is 5.54 Å². The van der Waals surface area contributed by atoms with Crippen LogP contribution in [-0.2, 0) is 12.8 Å². The van der Waals surface area contributed by atoms with Crippen LogP contribution in [0.2, 0.25) is 5.02 Å². The maximum Gasteiger partial charge on any atom is 0.129 e. The smallest absolute Gasteiger partial charge is 0.129 e. The van der Waals surface area contributed by atoms with Crippen molar-refractivity contribution in [2.75, 3.05) is 5.32 Å². The van der Waals surface area contributed by atoms with E-state index >= 15 is 0 Å². The second-order valence-electron chi connectivity index (χ2n) is 5.39. The number of hydrogen-bond donors (Lipinski definition) is 1. The van der Waals surface area contributed by atoms with Crippen LogP contribution in [0.1, 0.15) is 17.5 Å². The molecule has 0 spiro atoms. The number of hydrogen-bond acceptors (Lipinski definition) is 2. The number of rotatable bonds is 2. The largest absolute Gasteiger partial charge is 0.366 e. The molecular weight excluding hydrogens is 348 g/mol. The molecule has 0 heterocycles. The predicted molar refractivity (Wildman–Crippen MR) is 89.6 cm³/mol. The fraction of sp³-hybridized carbons (Fsp3) is 0.235. The number of aryl methyl sites for hydroxylation is 1. The number of anilines is 1. The number of nitriles is 1. The molecule has 0 radical (unpaired) electrons. The normalized spacial score (nSPS) is 20.4. The Bertz CT molecular complexity index is 723. The summed E-state index contributed by atoms with van der Waals surface area (Å²) in [4.78, 5) is 0. The van der Waals surface area contributed by atoms with E-state index in [0.717, 1.165) is 23.0 Å². The van der Waals surface area contributed by atoms with Gasteiger partial charge < -0.3 is 5.32 Å². The van der Waals surface area contributed by atoms with Crippen molar-refractivity contribution in [3.63, 3.8) is 0 Å². The van der Waals surface area contributed by atoms with E-state index in [1.54, 1.807) is 0 Å². The Morgan fingerprint density at radius 1 is 1.19 bits per heavy atom. The summed E-state index contributed by atoms with van der Waals surface area (Å²) in [6.07, 6.45) is 2.36. The predicted octanol–water partition coefficient (Wildman–Crippen LogP) is 4.97. The van der Waals surface area contributed by atoms with Gasteiger partial charge in [-0.1, -0.05) is 45.7 Å². The number of benzene rings is 2. The van der Waals surface area contributed by atoms with Gasteiger partial charge in [0.05, 0.1) is 16.8 Å². The zero-order valence-electron chi connectivity index (χ0n) is 11.4. The van der Waals surface area contributed by atoms with Crippen LogP contribution in [0.3, 0.4) is 0 Å². The van der Waals surface area contributed by atoms with Gasteiger partial charge in [0.25, 0.3) is 0 Å². The van der Waals surface area contributed by atoms with Gasteiger partial charge in [0.2, 0.25) is 0 Å². The van der Waals surface area contributed by atoms with Gasteiger partial charge >= 0.3 is 0 Å². The third kappa shape index (κ3) is 2.92. The van der Waals surface area contributed by atoms with Crippen LogP contribution >= 0.6 is 27.5 Å². The van der Waals surface area contributed by atoms with E-state index in [9.17, 15) is 5.26 Å². The van der Waals surface area contributed by atoms with Crippen molar-refractivity contribution < 1.29 is 0 Å². The molecule has 1 aliphatic carbocycles. The highest BCUT2D eigenvalue weighted by Crippen LogP contribution is 2.34. The molecular formula is C17H14BrClN2. The first kappa shape index (κ1) is 14.4. The maximum atomic E-state index is 9.71. The summed E-state index contributed by atoms with van der Waals surface area (Å²) in [6.45, 7) is 0. The number of nitrogens with one attached hydrogen (secondary N) is 1. The van der Waals surface area contributed by atoms with Gasteiger partial charge in [-0.25, -0.2) is 0 Å². The van der Waals surface area contributed by atoms with Crippen LogP contribution in [0.4, 0.5) is 5.69 Å². The molecule has 0 amide bonds. The van der Waals surface area contributed by atoms with Gasteiger partial charge in [0, 0.05) is 10.9 Å². The van der Waals surface area contributed by atoms with E-state index in [0.29, 0.717) is 11.4 Å². The van der Waals surface area contributed by atoms with Crippen LogP contribution < -0.4 is 5.32 Å².